The third-order valence-electron chi connectivity index (χ3n) is 6.39. The van der Waals surface area contributed by atoms with Crippen molar-refractivity contribution in [1.82, 2.24) is 24.1 Å². The molecule has 2 N–H and O–H groups in total. The lowest BCUT2D eigenvalue weighted by Gasteiger charge is -2.25. The van der Waals surface area contributed by atoms with Crippen LogP contribution in [0.2, 0.25) is 0 Å². The maximum absolute atomic E-state index is 13.1. The Morgan fingerprint density at radius 3 is 2.73 bits per heavy atom. The molecule has 5 rings (SSSR count). The number of rotatable bonds is 5. The van der Waals surface area contributed by atoms with Crippen LogP contribution >= 0.6 is 0 Å². The molecule has 1 fully saturated rings. The van der Waals surface area contributed by atoms with Gasteiger partial charge in [-0.1, -0.05) is 0 Å². The molecule has 0 bridgehead atoms. The van der Waals surface area contributed by atoms with E-state index in [4.69, 9.17) is 5.10 Å². The number of aldehydes is 1. The molecule has 1 amide bonds. The fraction of sp³-hybridized carbons (Fsp3) is 0.375. The molecule has 1 aromatic carbocycles. The highest BCUT2D eigenvalue weighted by molar-refractivity contribution is 6.08. The summed E-state index contributed by atoms with van der Waals surface area (Å²) < 4.78 is 3.64. The first-order chi connectivity index (χ1) is 15.8. The maximum Gasteiger partial charge on any atom is 0.278 e. The lowest BCUT2D eigenvalue weighted by atomic mass is 9.87. The summed E-state index contributed by atoms with van der Waals surface area (Å²) in [6.45, 7) is 3.35. The van der Waals surface area contributed by atoms with Gasteiger partial charge in [0.15, 0.2) is 11.3 Å². The number of carbonyl (C=O) groups excluding carboxylic acids is 2. The summed E-state index contributed by atoms with van der Waals surface area (Å²) in [6, 6.07) is 5.66. The van der Waals surface area contributed by atoms with Gasteiger partial charge < -0.3 is 15.2 Å². The summed E-state index contributed by atoms with van der Waals surface area (Å²) in [6.07, 6.45) is 11.5. The van der Waals surface area contributed by atoms with E-state index in [1.165, 1.54) is 0 Å². The third kappa shape index (κ3) is 4.00. The molecule has 3 aromatic heterocycles. The van der Waals surface area contributed by atoms with Crippen molar-refractivity contribution in [2.75, 3.05) is 5.32 Å². The minimum absolute atomic E-state index is 0.142. The molecule has 9 nitrogen and oxygen atoms in total. The van der Waals surface area contributed by atoms with E-state index < -0.39 is 11.5 Å². The van der Waals surface area contributed by atoms with Crippen LogP contribution in [-0.2, 0) is 10.4 Å². The quantitative estimate of drug-likeness (QED) is 0.454. The van der Waals surface area contributed by atoms with Crippen molar-refractivity contribution in [3.63, 3.8) is 0 Å². The lowest BCUT2D eigenvalue weighted by molar-refractivity contribution is -0.112. The summed E-state index contributed by atoms with van der Waals surface area (Å²) >= 11 is 0. The van der Waals surface area contributed by atoms with Crippen molar-refractivity contribution < 1.29 is 14.7 Å². The zero-order chi connectivity index (χ0) is 23.2. The second-order valence-corrected chi connectivity index (χ2v) is 9.23. The SMILES string of the molecule is CC(C)(O)c1cc2nn([C@H]3CC[C@H](C=O)CC3)cc2cc1NC(=O)c1ncn2cccnc12. The van der Waals surface area contributed by atoms with Gasteiger partial charge >= 0.3 is 0 Å². The first kappa shape index (κ1) is 21.3. The molecule has 1 aliphatic rings. The van der Waals surface area contributed by atoms with Gasteiger partial charge in [-0.05, 0) is 57.7 Å². The smallest absolute Gasteiger partial charge is 0.278 e. The van der Waals surface area contributed by atoms with E-state index in [1.54, 1.807) is 43.0 Å². The molecule has 4 aromatic rings. The first-order valence-electron chi connectivity index (χ1n) is 11.1. The molecule has 0 atom stereocenters. The van der Waals surface area contributed by atoms with E-state index in [1.807, 2.05) is 23.0 Å². The highest BCUT2D eigenvalue weighted by Crippen LogP contribution is 2.35. The number of hydrogen-bond donors (Lipinski definition) is 2. The average Bonchev–Trinajstić information content (AvgIpc) is 3.42. The summed E-state index contributed by atoms with van der Waals surface area (Å²) in [7, 11) is 0. The third-order valence-corrected chi connectivity index (χ3v) is 6.39. The number of hydrogen-bond acceptors (Lipinski definition) is 6. The van der Waals surface area contributed by atoms with Crippen molar-refractivity contribution in [2.45, 2.75) is 51.2 Å². The van der Waals surface area contributed by atoms with Crippen molar-refractivity contribution in [3.05, 3.63) is 54.4 Å². The molecular weight excluding hydrogens is 420 g/mol. The number of nitrogens with zero attached hydrogens (tertiary/aromatic N) is 5. The van der Waals surface area contributed by atoms with E-state index in [0.29, 0.717) is 16.9 Å². The monoisotopic (exact) mass is 446 g/mol. The van der Waals surface area contributed by atoms with Gasteiger partial charge in [-0.25, -0.2) is 9.97 Å². The number of benzene rings is 1. The van der Waals surface area contributed by atoms with Gasteiger partial charge in [0.1, 0.15) is 12.6 Å². The van der Waals surface area contributed by atoms with Crippen LogP contribution in [0.15, 0.2) is 43.1 Å². The molecule has 1 aliphatic carbocycles. The number of aliphatic hydroxyl groups is 1. The number of aromatic nitrogens is 5. The van der Waals surface area contributed by atoms with E-state index in [-0.39, 0.29) is 17.7 Å². The fourth-order valence-corrected chi connectivity index (χ4v) is 4.57. The number of nitrogens with one attached hydrogen (secondary N) is 1. The minimum Gasteiger partial charge on any atom is -0.386 e. The Labute approximate surface area is 190 Å². The molecule has 0 spiro atoms. The standard InChI is InChI=1S/C24H26N6O3/c1-24(2,33)18-11-19-16(12-30(28-19)17-6-4-15(13-31)5-7-17)10-20(18)27-23(32)21-22-25-8-3-9-29(22)14-26-21/h3,8-15,17,33H,4-7H2,1-2H3,(H,27,32)/t15-,17-. The molecule has 0 unspecified atom stereocenters. The highest BCUT2D eigenvalue weighted by Gasteiger charge is 2.26. The average molecular weight is 447 g/mol. The van der Waals surface area contributed by atoms with E-state index in [2.05, 4.69) is 15.3 Å². The van der Waals surface area contributed by atoms with Crippen LogP contribution in [0, 0.1) is 5.92 Å². The van der Waals surface area contributed by atoms with Crippen LogP contribution < -0.4 is 5.32 Å². The molecule has 0 saturated heterocycles. The van der Waals surface area contributed by atoms with Crippen LogP contribution in [0.1, 0.15) is 61.6 Å². The van der Waals surface area contributed by atoms with Crippen molar-refractivity contribution in [2.24, 2.45) is 5.92 Å². The predicted molar refractivity (Wildman–Crippen MR) is 123 cm³/mol. The molecule has 0 radical (unpaired) electrons. The normalized spacial score (nSPS) is 19.1. The minimum atomic E-state index is -1.20. The Morgan fingerprint density at radius 1 is 1.21 bits per heavy atom. The summed E-state index contributed by atoms with van der Waals surface area (Å²) in [5, 5.41) is 19.3. The Morgan fingerprint density at radius 2 is 2.00 bits per heavy atom. The van der Waals surface area contributed by atoms with Crippen LogP contribution in [0.25, 0.3) is 16.6 Å². The summed E-state index contributed by atoms with van der Waals surface area (Å²) in [5.41, 5.74) is 1.28. The fourth-order valence-electron chi connectivity index (χ4n) is 4.57. The largest absolute Gasteiger partial charge is 0.386 e. The van der Waals surface area contributed by atoms with E-state index in [0.717, 1.165) is 42.9 Å². The molecule has 0 aliphatic heterocycles. The van der Waals surface area contributed by atoms with Gasteiger partial charge in [0.2, 0.25) is 0 Å². The van der Waals surface area contributed by atoms with Crippen molar-refractivity contribution >= 4 is 34.4 Å². The molecule has 170 valence electrons. The van der Waals surface area contributed by atoms with Gasteiger partial charge in [0.05, 0.1) is 17.2 Å². The second-order valence-electron chi connectivity index (χ2n) is 9.23. The topological polar surface area (TPSA) is 114 Å². The van der Waals surface area contributed by atoms with Crippen molar-refractivity contribution in [1.29, 1.82) is 0 Å². The molecule has 9 heteroatoms. The Bertz CT molecular complexity index is 1340. The van der Waals surface area contributed by atoms with Crippen LogP contribution in [0.4, 0.5) is 5.69 Å². The van der Waals surface area contributed by atoms with E-state index in [9.17, 15) is 14.7 Å². The molecular formula is C24H26N6O3. The Kier molecular flexibility index (Phi) is 5.20. The molecule has 1 saturated carbocycles. The number of amides is 1. The number of anilines is 1. The Balaban J connectivity index is 1.49. The Hall–Kier alpha value is -3.59. The van der Waals surface area contributed by atoms with Crippen LogP contribution in [-0.4, -0.2) is 41.4 Å². The van der Waals surface area contributed by atoms with Gasteiger partial charge in [-0.3, -0.25) is 13.9 Å². The zero-order valence-electron chi connectivity index (χ0n) is 18.6. The van der Waals surface area contributed by atoms with Gasteiger partial charge in [-0.15, -0.1) is 0 Å². The molecule has 33 heavy (non-hydrogen) atoms. The second kappa shape index (κ2) is 8.08. The first-order valence-corrected chi connectivity index (χ1v) is 11.1. The van der Waals surface area contributed by atoms with E-state index >= 15 is 0 Å². The zero-order valence-corrected chi connectivity index (χ0v) is 18.6. The van der Waals surface area contributed by atoms with Crippen LogP contribution in [0.5, 0.6) is 0 Å². The number of imidazole rings is 1. The molecule has 3 heterocycles. The number of carbonyl (C=O) groups is 2. The summed E-state index contributed by atoms with van der Waals surface area (Å²) in [5.74, 6) is -0.260. The lowest BCUT2D eigenvalue weighted by Crippen LogP contribution is -2.21. The predicted octanol–water partition coefficient (Wildman–Crippen LogP) is 3.49. The number of fused-ring (bicyclic) bond motifs is 2. The summed E-state index contributed by atoms with van der Waals surface area (Å²) in [4.78, 5) is 32.6. The van der Waals surface area contributed by atoms with Gasteiger partial charge in [0.25, 0.3) is 5.91 Å². The highest BCUT2D eigenvalue weighted by atomic mass is 16.3. The maximum atomic E-state index is 13.1. The van der Waals surface area contributed by atoms with Crippen LogP contribution in [0.3, 0.4) is 0 Å². The van der Waals surface area contributed by atoms with Crippen molar-refractivity contribution in [3.8, 4) is 0 Å². The van der Waals surface area contributed by atoms with Gasteiger partial charge in [0, 0.05) is 41.1 Å². The van der Waals surface area contributed by atoms with Gasteiger partial charge in [-0.2, -0.15) is 5.10 Å².